The largest absolute Gasteiger partial charge is 0.384 e. The van der Waals surface area contributed by atoms with Gasteiger partial charge in [0.25, 0.3) is 0 Å². The molecule has 0 aliphatic rings. The highest BCUT2D eigenvalue weighted by atomic mass is 32.2. The molecule has 0 aromatic heterocycles. The quantitative estimate of drug-likeness (QED) is 0.588. The van der Waals surface area contributed by atoms with Crippen molar-refractivity contribution in [1.29, 1.82) is 5.41 Å². The summed E-state index contributed by atoms with van der Waals surface area (Å²) in [6.07, 6.45) is 3.32. The predicted octanol–water partition coefficient (Wildman–Crippen LogP) is 2.54. The maximum atomic E-state index is 7.36. The van der Waals surface area contributed by atoms with E-state index in [1.165, 1.54) is 17.7 Å². The van der Waals surface area contributed by atoms with Crippen LogP contribution in [0.5, 0.6) is 0 Å². The summed E-state index contributed by atoms with van der Waals surface area (Å²) in [5.74, 6) is 1.29. The molecular formula is C14H23N3S. The molecule has 1 atom stereocenters. The SMILES string of the molecule is CCC(CSC)N(C)Cc1ccc(C(=N)N)cc1. The Kier molecular flexibility index (Phi) is 6.22. The zero-order valence-corrected chi connectivity index (χ0v) is 12.3. The Bertz CT molecular complexity index is 375. The molecule has 1 aromatic carbocycles. The van der Waals surface area contributed by atoms with E-state index in [1.54, 1.807) is 0 Å². The van der Waals surface area contributed by atoms with Gasteiger partial charge in [-0.2, -0.15) is 11.8 Å². The van der Waals surface area contributed by atoms with Crippen molar-refractivity contribution in [2.24, 2.45) is 5.73 Å². The van der Waals surface area contributed by atoms with Gasteiger partial charge in [-0.05, 0) is 25.3 Å². The smallest absolute Gasteiger partial charge is 0.122 e. The molecule has 0 amide bonds. The number of nitrogens with zero attached hydrogens (tertiary/aromatic N) is 1. The van der Waals surface area contributed by atoms with E-state index in [9.17, 15) is 0 Å². The van der Waals surface area contributed by atoms with Crippen molar-refractivity contribution < 1.29 is 0 Å². The zero-order chi connectivity index (χ0) is 13.5. The summed E-state index contributed by atoms with van der Waals surface area (Å²) >= 11 is 1.89. The first-order valence-electron chi connectivity index (χ1n) is 6.21. The van der Waals surface area contributed by atoms with E-state index in [-0.39, 0.29) is 5.84 Å². The Labute approximate surface area is 114 Å². The highest BCUT2D eigenvalue weighted by molar-refractivity contribution is 7.98. The number of amidine groups is 1. The minimum atomic E-state index is 0.128. The van der Waals surface area contributed by atoms with Gasteiger partial charge in [-0.25, -0.2) is 0 Å². The molecule has 0 saturated carbocycles. The van der Waals surface area contributed by atoms with Crippen molar-refractivity contribution >= 4 is 17.6 Å². The van der Waals surface area contributed by atoms with E-state index in [4.69, 9.17) is 11.1 Å². The molecule has 3 N–H and O–H groups in total. The van der Waals surface area contributed by atoms with Crippen LogP contribution in [0.15, 0.2) is 24.3 Å². The first-order valence-corrected chi connectivity index (χ1v) is 7.60. The topological polar surface area (TPSA) is 53.1 Å². The van der Waals surface area contributed by atoms with Crippen LogP contribution >= 0.6 is 11.8 Å². The lowest BCUT2D eigenvalue weighted by molar-refractivity contribution is 0.248. The Balaban J connectivity index is 2.63. The van der Waals surface area contributed by atoms with E-state index in [2.05, 4.69) is 37.3 Å². The van der Waals surface area contributed by atoms with Crippen LogP contribution in [0.1, 0.15) is 24.5 Å². The number of nitrogen functional groups attached to an aromatic ring is 1. The molecule has 0 spiro atoms. The number of hydrogen-bond acceptors (Lipinski definition) is 3. The summed E-state index contributed by atoms with van der Waals surface area (Å²) in [5, 5.41) is 7.36. The van der Waals surface area contributed by atoms with Crippen molar-refractivity contribution in [3.8, 4) is 0 Å². The Hall–Kier alpha value is -1.00. The first-order chi connectivity index (χ1) is 8.58. The average molecular weight is 265 g/mol. The van der Waals surface area contributed by atoms with Crippen LogP contribution in [0, 0.1) is 5.41 Å². The third-order valence-corrected chi connectivity index (χ3v) is 3.87. The molecule has 1 rings (SSSR count). The third-order valence-electron chi connectivity index (χ3n) is 3.15. The van der Waals surface area contributed by atoms with Crippen LogP contribution in [0.25, 0.3) is 0 Å². The highest BCUT2D eigenvalue weighted by Gasteiger charge is 2.12. The summed E-state index contributed by atoms with van der Waals surface area (Å²) in [6.45, 7) is 3.17. The van der Waals surface area contributed by atoms with Crippen LogP contribution in [-0.2, 0) is 6.54 Å². The number of thioether (sulfide) groups is 1. The number of nitrogens with two attached hydrogens (primary N) is 1. The van der Waals surface area contributed by atoms with Crippen molar-refractivity contribution in [3.63, 3.8) is 0 Å². The molecule has 0 aliphatic heterocycles. The summed E-state index contributed by atoms with van der Waals surface area (Å²) in [4.78, 5) is 2.39. The molecule has 0 heterocycles. The van der Waals surface area contributed by atoms with Gasteiger partial charge in [0.2, 0.25) is 0 Å². The van der Waals surface area contributed by atoms with E-state index in [0.717, 1.165) is 12.1 Å². The minimum Gasteiger partial charge on any atom is -0.384 e. The van der Waals surface area contributed by atoms with Crippen molar-refractivity contribution in [2.75, 3.05) is 19.1 Å². The van der Waals surface area contributed by atoms with Gasteiger partial charge >= 0.3 is 0 Å². The third kappa shape index (κ3) is 4.35. The monoisotopic (exact) mass is 265 g/mol. The van der Waals surface area contributed by atoms with Crippen LogP contribution in [-0.4, -0.2) is 35.8 Å². The van der Waals surface area contributed by atoms with Gasteiger partial charge < -0.3 is 5.73 Å². The maximum absolute atomic E-state index is 7.36. The summed E-state index contributed by atoms with van der Waals surface area (Å²) in [7, 11) is 2.17. The van der Waals surface area contributed by atoms with Crippen LogP contribution in [0.4, 0.5) is 0 Å². The zero-order valence-electron chi connectivity index (χ0n) is 11.4. The number of rotatable bonds is 7. The van der Waals surface area contributed by atoms with E-state index < -0.39 is 0 Å². The fourth-order valence-corrected chi connectivity index (χ4v) is 2.83. The van der Waals surface area contributed by atoms with Crippen molar-refractivity contribution in [3.05, 3.63) is 35.4 Å². The van der Waals surface area contributed by atoms with Crippen molar-refractivity contribution in [1.82, 2.24) is 4.90 Å². The van der Waals surface area contributed by atoms with Crippen LogP contribution < -0.4 is 5.73 Å². The number of benzene rings is 1. The maximum Gasteiger partial charge on any atom is 0.122 e. The first kappa shape index (κ1) is 15.1. The molecule has 100 valence electrons. The molecule has 0 bridgehead atoms. The van der Waals surface area contributed by atoms with Gasteiger partial charge in [0.15, 0.2) is 0 Å². The second kappa shape index (κ2) is 7.44. The van der Waals surface area contributed by atoms with E-state index in [0.29, 0.717) is 6.04 Å². The van der Waals surface area contributed by atoms with Crippen molar-refractivity contribution in [2.45, 2.75) is 25.9 Å². The standard InChI is InChI=1S/C14H23N3S/c1-4-13(10-18-3)17(2)9-11-5-7-12(8-6-11)14(15)16/h5-8,13H,4,9-10H2,1-3H3,(H3,15,16). The molecule has 18 heavy (non-hydrogen) atoms. The van der Waals surface area contributed by atoms with Gasteiger partial charge in [-0.1, -0.05) is 31.2 Å². The van der Waals surface area contributed by atoms with Crippen LogP contribution in [0.3, 0.4) is 0 Å². The fourth-order valence-electron chi connectivity index (χ4n) is 1.96. The lowest BCUT2D eigenvalue weighted by Gasteiger charge is -2.26. The number of hydrogen-bond donors (Lipinski definition) is 2. The Morgan fingerprint density at radius 3 is 2.44 bits per heavy atom. The molecule has 3 nitrogen and oxygen atoms in total. The lowest BCUT2D eigenvalue weighted by Crippen LogP contribution is -2.32. The average Bonchev–Trinajstić information content (AvgIpc) is 2.36. The molecule has 0 saturated heterocycles. The van der Waals surface area contributed by atoms with Crippen LogP contribution in [0.2, 0.25) is 0 Å². The summed E-state index contributed by atoms with van der Waals surface area (Å²) in [5.41, 5.74) is 7.50. The molecule has 1 unspecified atom stereocenters. The van der Waals surface area contributed by atoms with Gasteiger partial charge in [-0.3, -0.25) is 10.3 Å². The van der Waals surface area contributed by atoms with Gasteiger partial charge in [0, 0.05) is 23.9 Å². The molecule has 1 aromatic rings. The molecular weight excluding hydrogens is 242 g/mol. The molecule has 0 radical (unpaired) electrons. The molecule has 4 heteroatoms. The van der Waals surface area contributed by atoms with Gasteiger partial charge in [0.1, 0.15) is 5.84 Å². The fraction of sp³-hybridized carbons (Fsp3) is 0.500. The molecule has 0 aliphatic carbocycles. The summed E-state index contributed by atoms with van der Waals surface area (Å²) < 4.78 is 0. The molecule has 0 fully saturated rings. The van der Waals surface area contributed by atoms with Gasteiger partial charge in [-0.15, -0.1) is 0 Å². The minimum absolute atomic E-state index is 0.128. The Morgan fingerprint density at radius 2 is 2.00 bits per heavy atom. The van der Waals surface area contributed by atoms with E-state index >= 15 is 0 Å². The number of nitrogens with one attached hydrogen (secondary N) is 1. The van der Waals surface area contributed by atoms with E-state index in [1.807, 2.05) is 23.9 Å². The second-order valence-corrected chi connectivity index (χ2v) is 5.45. The summed E-state index contributed by atoms with van der Waals surface area (Å²) in [6, 6.07) is 8.56. The second-order valence-electron chi connectivity index (χ2n) is 4.54. The normalized spacial score (nSPS) is 12.7. The predicted molar refractivity (Wildman–Crippen MR) is 81.4 cm³/mol. The highest BCUT2D eigenvalue weighted by Crippen LogP contribution is 2.13. The lowest BCUT2D eigenvalue weighted by atomic mass is 10.1. The Morgan fingerprint density at radius 1 is 1.39 bits per heavy atom. The van der Waals surface area contributed by atoms with Gasteiger partial charge in [0.05, 0.1) is 0 Å².